The van der Waals surface area contributed by atoms with Crippen LogP contribution in [-0.2, 0) is 0 Å². The highest BCUT2D eigenvalue weighted by Gasteiger charge is 2.15. The summed E-state index contributed by atoms with van der Waals surface area (Å²) >= 11 is 12.2. The fraction of sp³-hybridized carbons (Fsp3) is 0.0952. The zero-order valence-electron chi connectivity index (χ0n) is 14.8. The Morgan fingerprint density at radius 1 is 0.704 bits per heavy atom. The van der Waals surface area contributed by atoms with Crippen LogP contribution in [0.2, 0.25) is 10.0 Å². The van der Waals surface area contributed by atoms with Crippen LogP contribution < -0.4 is 0 Å². The molecule has 1 N–H and O–H groups in total. The maximum Gasteiger partial charge on any atom is 0.180 e. The topological polar surface area (TPSA) is 54.5 Å². The van der Waals surface area contributed by atoms with Crippen LogP contribution in [0, 0.1) is 13.8 Å². The molecule has 4 aromatic rings. The van der Waals surface area contributed by atoms with Gasteiger partial charge in [0.25, 0.3) is 0 Å². The number of tetrazole rings is 1. The molecule has 0 spiro atoms. The summed E-state index contributed by atoms with van der Waals surface area (Å²) in [5.41, 5.74) is 7.45. The average molecular weight is 395 g/mol. The van der Waals surface area contributed by atoms with E-state index in [-0.39, 0.29) is 0 Å². The van der Waals surface area contributed by atoms with Gasteiger partial charge in [-0.1, -0.05) is 47.5 Å². The van der Waals surface area contributed by atoms with Gasteiger partial charge in [-0.2, -0.15) is 0 Å². The first-order valence-electron chi connectivity index (χ1n) is 8.44. The van der Waals surface area contributed by atoms with E-state index in [0.29, 0.717) is 10.8 Å². The van der Waals surface area contributed by atoms with Crippen LogP contribution in [0.3, 0.4) is 0 Å². The molecule has 4 rings (SSSR count). The van der Waals surface area contributed by atoms with Gasteiger partial charge in [-0.05, 0) is 88.0 Å². The minimum absolute atomic E-state index is 0.618. The highest BCUT2D eigenvalue weighted by atomic mass is 35.5. The fourth-order valence-electron chi connectivity index (χ4n) is 3.30. The number of aromatic amines is 1. The molecule has 0 fully saturated rings. The Morgan fingerprint density at radius 3 is 1.93 bits per heavy atom. The van der Waals surface area contributed by atoms with Crippen molar-refractivity contribution in [1.29, 1.82) is 0 Å². The van der Waals surface area contributed by atoms with Gasteiger partial charge in [0.2, 0.25) is 0 Å². The molecule has 0 atom stereocenters. The Hall–Kier alpha value is -2.69. The van der Waals surface area contributed by atoms with E-state index in [4.69, 9.17) is 23.2 Å². The Bertz CT molecular complexity index is 1120. The SMILES string of the molecule is Cc1cc(Cl)ccc1-c1ccc(-c2ccc(Cl)cc2C)c(-c2nnn[nH]2)c1. The summed E-state index contributed by atoms with van der Waals surface area (Å²) < 4.78 is 0. The van der Waals surface area contributed by atoms with Gasteiger partial charge in [-0.25, -0.2) is 5.10 Å². The summed E-state index contributed by atoms with van der Waals surface area (Å²) in [7, 11) is 0. The van der Waals surface area contributed by atoms with Gasteiger partial charge in [0, 0.05) is 15.6 Å². The molecular formula is C21H16Cl2N4. The molecule has 1 heterocycles. The molecule has 0 radical (unpaired) electrons. The average Bonchev–Trinajstić information content (AvgIpc) is 3.16. The summed E-state index contributed by atoms with van der Waals surface area (Å²) in [6, 6.07) is 18.1. The predicted octanol–water partition coefficient (Wildman–Crippen LogP) is 6.12. The lowest BCUT2D eigenvalue weighted by molar-refractivity contribution is 0.881. The number of H-pyrrole nitrogens is 1. The summed E-state index contributed by atoms with van der Waals surface area (Å²) in [6.45, 7) is 4.09. The van der Waals surface area contributed by atoms with Gasteiger partial charge in [-0.15, -0.1) is 5.10 Å². The van der Waals surface area contributed by atoms with Gasteiger partial charge < -0.3 is 0 Å². The van der Waals surface area contributed by atoms with Crippen molar-refractivity contribution in [1.82, 2.24) is 20.6 Å². The van der Waals surface area contributed by atoms with Gasteiger partial charge >= 0.3 is 0 Å². The molecule has 0 bridgehead atoms. The van der Waals surface area contributed by atoms with Crippen molar-refractivity contribution in [2.75, 3.05) is 0 Å². The van der Waals surface area contributed by atoms with E-state index in [1.54, 1.807) is 0 Å². The summed E-state index contributed by atoms with van der Waals surface area (Å²) in [4.78, 5) is 0. The van der Waals surface area contributed by atoms with Crippen molar-refractivity contribution in [3.8, 4) is 33.6 Å². The van der Waals surface area contributed by atoms with Crippen LogP contribution in [0.5, 0.6) is 0 Å². The van der Waals surface area contributed by atoms with E-state index in [9.17, 15) is 0 Å². The summed E-state index contributed by atoms with van der Waals surface area (Å²) in [5, 5.41) is 15.9. The van der Waals surface area contributed by atoms with E-state index in [2.05, 4.69) is 38.8 Å². The van der Waals surface area contributed by atoms with Crippen molar-refractivity contribution in [3.05, 3.63) is 75.8 Å². The Morgan fingerprint density at radius 2 is 1.33 bits per heavy atom. The number of hydrogen-bond acceptors (Lipinski definition) is 3. The molecule has 27 heavy (non-hydrogen) atoms. The van der Waals surface area contributed by atoms with E-state index < -0.39 is 0 Å². The van der Waals surface area contributed by atoms with Crippen LogP contribution in [0.1, 0.15) is 11.1 Å². The number of hydrogen-bond donors (Lipinski definition) is 1. The Kier molecular flexibility index (Phi) is 4.68. The number of halogens is 2. The van der Waals surface area contributed by atoms with E-state index in [1.807, 2.05) is 50.2 Å². The Labute approximate surface area is 167 Å². The maximum atomic E-state index is 6.13. The molecule has 0 saturated carbocycles. The molecule has 0 aliphatic heterocycles. The quantitative estimate of drug-likeness (QED) is 0.454. The highest BCUT2D eigenvalue weighted by Crippen LogP contribution is 2.37. The third kappa shape index (κ3) is 3.46. The number of nitrogens with zero attached hydrogens (tertiary/aromatic N) is 3. The van der Waals surface area contributed by atoms with Crippen LogP contribution >= 0.6 is 23.2 Å². The molecule has 1 aromatic heterocycles. The number of aromatic nitrogens is 4. The smallest absolute Gasteiger partial charge is 0.180 e. The van der Waals surface area contributed by atoms with Gasteiger partial charge in [0.1, 0.15) is 0 Å². The summed E-state index contributed by atoms with van der Waals surface area (Å²) in [5.74, 6) is 0.618. The molecule has 0 saturated heterocycles. The van der Waals surface area contributed by atoms with Crippen LogP contribution in [0.25, 0.3) is 33.6 Å². The van der Waals surface area contributed by atoms with Crippen molar-refractivity contribution < 1.29 is 0 Å². The van der Waals surface area contributed by atoms with Crippen LogP contribution in [0.15, 0.2) is 54.6 Å². The second-order valence-corrected chi connectivity index (χ2v) is 7.30. The van der Waals surface area contributed by atoms with Gasteiger partial charge in [-0.3, -0.25) is 0 Å². The van der Waals surface area contributed by atoms with E-state index in [0.717, 1.165) is 44.0 Å². The third-order valence-corrected chi connectivity index (χ3v) is 5.07. The highest BCUT2D eigenvalue weighted by molar-refractivity contribution is 6.31. The molecule has 4 nitrogen and oxygen atoms in total. The standard InChI is InChI=1S/C21H16Cl2N4/c1-12-9-15(22)4-7-17(12)14-3-6-19(18-8-5-16(23)10-13(18)2)20(11-14)21-24-26-27-25-21/h3-11H,1-2H3,(H,24,25,26,27). The minimum atomic E-state index is 0.618. The Balaban J connectivity index is 1.93. The normalized spacial score (nSPS) is 11.0. The molecule has 3 aromatic carbocycles. The molecule has 134 valence electrons. The van der Waals surface area contributed by atoms with Gasteiger partial charge in [0.05, 0.1) is 0 Å². The maximum absolute atomic E-state index is 6.13. The second kappa shape index (κ2) is 7.14. The van der Waals surface area contributed by atoms with Crippen molar-refractivity contribution in [3.63, 3.8) is 0 Å². The lowest BCUT2D eigenvalue weighted by Gasteiger charge is -2.14. The lowest BCUT2D eigenvalue weighted by atomic mass is 9.91. The van der Waals surface area contributed by atoms with Crippen LogP contribution in [0.4, 0.5) is 0 Å². The van der Waals surface area contributed by atoms with E-state index >= 15 is 0 Å². The molecule has 0 aliphatic carbocycles. The van der Waals surface area contributed by atoms with Crippen molar-refractivity contribution in [2.45, 2.75) is 13.8 Å². The van der Waals surface area contributed by atoms with Crippen molar-refractivity contribution in [2.24, 2.45) is 0 Å². The molecule has 6 heteroatoms. The second-order valence-electron chi connectivity index (χ2n) is 6.43. The summed E-state index contributed by atoms with van der Waals surface area (Å²) in [6.07, 6.45) is 0. The minimum Gasteiger partial charge on any atom is -0.239 e. The molecule has 0 unspecified atom stereocenters. The number of benzene rings is 3. The first kappa shape index (κ1) is 17.7. The first-order valence-corrected chi connectivity index (χ1v) is 9.20. The van der Waals surface area contributed by atoms with Crippen molar-refractivity contribution >= 4 is 23.2 Å². The van der Waals surface area contributed by atoms with Crippen LogP contribution in [-0.4, -0.2) is 20.6 Å². The molecule has 0 aliphatic rings. The zero-order valence-corrected chi connectivity index (χ0v) is 16.3. The third-order valence-electron chi connectivity index (χ3n) is 4.60. The molecule has 0 amide bonds. The molecular weight excluding hydrogens is 379 g/mol. The van der Waals surface area contributed by atoms with Gasteiger partial charge in [0.15, 0.2) is 5.82 Å². The number of nitrogens with one attached hydrogen (secondary N) is 1. The first-order chi connectivity index (χ1) is 13.0. The number of rotatable bonds is 3. The largest absolute Gasteiger partial charge is 0.239 e. The predicted molar refractivity (Wildman–Crippen MR) is 110 cm³/mol. The zero-order chi connectivity index (χ0) is 19.0. The fourth-order valence-corrected chi connectivity index (χ4v) is 3.75. The monoisotopic (exact) mass is 394 g/mol. The lowest BCUT2D eigenvalue weighted by Crippen LogP contribution is -1.92. The number of aryl methyl sites for hydroxylation is 2. The van der Waals surface area contributed by atoms with E-state index in [1.165, 1.54) is 0 Å².